The average Bonchev–Trinajstić information content (AvgIpc) is 3.24. The third kappa shape index (κ3) is 3.49. The first kappa shape index (κ1) is 17.1. The molecule has 0 fully saturated rings. The second kappa shape index (κ2) is 7.11. The van der Waals surface area contributed by atoms with Gasteiger partial charge in [0.25, 0.3) is 5.91 Å². The molecule has 0 unspecified atom stereocenters. The monoisotopic (exact) mass is 358 g/mol. The lowest BCUT2D eigenvalue weighted by atomic mass is 10.2. The van der Waals surface area contributed by atoms with Gasteiger partial charge in [-0.1, -0.05) is 18.2 Å². The van der Waals surface area contributed by atoms with Gasteiger partial charge in [0, 0.05) is 36.1 Å². The Bertz CT molecular complexity index is 1090. The van der Waals surface area contributed by atoms with Gasteiger partial charge in [0.1, 0.15) is 0 Å². The molecule has 0 saturated heterocycles. The maximum atomic E-state index is 12.4. The third-order valence-corrected chi connectivity index (χ3v) is 4.70. The van der Waals surface area contributed by atoms with Crippen molar-refractivity contribution >= 4 is 16.8 Å². The van der Waals surface area contributed by atoms with Crippen molar-refractivity contribution in [1.82, 2.24) is 19.7 Å². The van der Waals surface area contributed by atoms with Gasteiger partial charge in [-0.25, -0.2) is 4.68 Å². The number of para-hydroxylation sites is 1. The molecule has 136 valence electrons. The summed E-state index contributed by atoms with van der Waals surface area (Å²) in [5.41, 5.74) is 4.84. The van der Waals surface area contributed by atoms with E-state index < -0.39 is 0 Å². The normalized spacial score (nSPS) is 11.0. The highest BCUT2D eigenvalue weighted by atomic mass is 16.1. The molecule has 0 aliphatic rings. The third-order valence-electron chi connectivity index (χ3n) is 4.70. The summed E-state index contributed by atoms with van der Waals surface area (Å²) in [7, 11) is 0. The summed E-state index contributed by atoms with van der Waals surface area (Å²) in [4.78, 5) is 12.4. The molecule has 0 aliphatic heterocycles. The van der Waals surface area contributed by atoms with Crippen LogP contribution in [-0.4, -0.2) is 26.8 Å². The van der Waals surface area contributed by atoms with Crippen molar-refractivity contribution in [2.75, 3.05) is 6.54 Å². The van der Waals surface area contributed by atoms with Gasteiger partial charge in [0.15, 0.2) is 0 Å². The molecule has 0 spiro atoms. The van der Waals surface area contributed by atoms with Crippen LogP contribution in [0.5, 0.6) is 0 Å². The molecule has 0 radical (unpaired) electrons. The number of aromatic nitrogens is 3. The van der Waals surface area contributed by atoms with Crippen molar-refractivity contribution < 1.29 is 4.79 Å². The second-order valence-electron chi connectivity index (χ2n) is 6.71. The number of rotatable bonds is 5. The Morgan fingerprint density at radius 2 is 1.81 bits per heavy atom. The minimum absolute atomic E-state index is 0.0635. The molecule has 4 rings (SSSR count). The lowest BCUT2D eigenvalue weighted by molar-refractivity contribution is 0.0952. The Labute approximate surface area is 158 Å². The van der Waals surface area contributed by atoms with Crippen molar-refractivity contribution in [2.45, 2.75) is 20.4 Å². The van der Waals surface area contributed by atoms with Crippen LogP contribution >= 0.6 is 0 Å². The SMILES string of the molecule is Cc1cc(C)n(-c2ccc(C(=O)NCCn3ccc4ccccc43)cc2)n1. The van der Waals surface area contributed by atoms with Crippen molar-refractivity contribution in [1.29, 1.82) is 0 Å². The molecule has 1 amide bonds. The molecule has 2 aromatic carbocycles. The molecule has 4 aromatic rings. The van der Waals surface area contributed by atoms with Crippen molar-refractivity contribution in [2.24, 2.45) is 0 Å². The van der Waals surface area contributed by atoms with Crippen LogP contribution in [-0.2, 0) is 6.54 Å². The molecule has 2 aromatic heterocycles. The Balaban J connectivity index is 1.39. The fourth-order valence-electron chi connectivity index (χ4n) is 3.37. The van der Waals surface area contributed by atoms with Gasteiger partial charge in [0.05, 0.1) is 11.4 Å². The smallest absolute Gasteiger partial charge is 0.251 e. The van der Waals surface area contributed by atoms with E-state index in [2.05, 4.69) is 39.4 Å². The average molecular weight is 358 g/mol. The molecule has 2 heterocycles. The van der Waals surface area contributed by atoms with E-state index in [1.54, 1.807) is 0 Å². The standard InChI is InChI=1S/C22H22N4O/c1-16-15-17(2)26(24-16)20-9-7-19(8-10-20)22(27)23-12-14-25-13-11-18-5-3-4-6-21(18)25/h3-11,13,15H,12,14H2,1-2H3,(H,23,27). The molecular weight excluding hydrogens is 336 g/mol. The minimum Gasteiger partial charge on any atom is -0.350 e. The van der Waals surface area contributed by atoms with Crippen LogP contribution in [0.4, 0.5) is 0 Å². The van der Waals surface area contributed by atoms with E-state index in [4.69, 9.17) is 0 Å². The van der Waals surface area contributed by atoms with Crippen LogP contribution in [0.3, 0.4) is 0 Å². The second-order valence-corrected chi connectivity index (χ2v) is 6.71. The Morgan fingerprint density at radius 1 is 1.04 bits per heavy atom. The number of fused-ring (bicyclic) bond motifs is 1. The summed E-state index contributed by atoms with van der Waals surface area (Å²) in [6.45, 7) is 5.31. The van der Waals surface area contributed by atoms with Crippen LogP contribution in [0.15, 0.2) is 66.9 Å². The fraction of sp³-hybridized carbons (Fsp3) is 0.182. The molecule has 27 heavy (non-hydrogen) atoms. The van der Waals surface area contributed by atoms with Gasteiger partial charge >= 0.3 is 0 Å². The molecule has 1 N–H and O–H groups in total. The van der Waals surface area contributed by atoms with Gasteiger partial charge in [-0.05, 0) is 61.7 Å². The Morgan fingerprint density at radius 3 is 2.56 bits per heavy atom. The number of nitrogens with one attached hydrogen (secondary N) is 1. The van der Waals surface area contributed by atoms with Crippen molar-refractivity contribution in [3.8, 4) is 5.69 Å². The molecule has 5 heteroatoms. The van der Waals surface area contributed by atoms with E-state index in [9.17, 15) is 4.79 Å². The quantitative estimate of drug-likeness (QED) is 0.589. The van der Waals surface area contributed by atoms with Crippen LogP contribution in [0.25, 0.3) is 16.6 Å². The summed E-state index contributed by atoms with van der Waals surface area (Å²) in [5, 5.41) is 8.68. The number of hydrogen-bond donors (Lipinski definition) is 1. The number of aryl methyl sites for hydroxylation is 2. The lowest BCUT2D eigenvalue weighted by Gasteiger charge is -2.09. The molecule has 5 nitrogen and oxygen atoms in total. The van der Waals surface area contributed by atoms with E-state index in [1.807, 2.05) is 61.0 Å². The minimum atomic E-state index is -0.0635. The van der Waals surface area contributed by atoms with Gasteiger partial charge < -0.3 is 9.88 Å². The van der Waals surface area contributed by atoms with Gasteiger partial charge in [-0.15, -0.1) is 0 Å². The van der Waals surface area contributed by atoms with Crippen molar-refractivity contribution in [3.63, 3.8) is 0 Å². The van der Waals surface area contributed by atoms with E-state index in [1.165, 1.54) is 10.9 Å². The summed E-state index contributed by atoms with van der Waals surface area (Å²) in [6.07, 6.45) is 2.06. The summed E-state index contributed by atoms with van der Waals surface area (Å²) in [5.74, 6) is -0.0635. The number of benzene rings is 2. The number of amides is 1. The number of carbonyl (C=O) groups excluding carboxylic acids is 1. The zero-order valence-electron chi connectivity index (χ0n) is 15.5. The van der Waals surface area contributed by atoms with E-state index in [0.29, 0.717) is 12.1 Å². The summed E-state index contributed by atoms with van der Waals surface area (Å²) in [6, 6.07) is 19.9. The molecule has 0 aliphatic carbocycles. The zero-order chi connectivity index (χ0) is 18.8. The number of hydrogen-bond acceptors (Lipinski definition) is 2. The van der Waals surface area contributed by atoms with Crippen LogP contribution in [0.2, 0.25) is 0 Å². The number of carbonyl (C=O) groups is 1. The topological polar surface area (TPSA) is 51.9 Å². The maximum Gasteiger partial charge on any atom is 0.251 e. The highest BCUT2D eigenvalue weighted by molar-refractivity contribution is 5.94. The Kier molecular flexibility index (Phi) is 4.50. The highest BCUT2D eigenvalue weighted by Gasteiger charge is 2.08. The number of nitrogens with zero attached hydrogens (tertiary/aromatic N) is 3. The fourth-order valence-corrected chi connectivity index (χ4v) is 3.37. The summed E-state index contributed by atoms with van der Waals surface area (Å²) >= 11 is 0. The van der Waals surface area contributed by atoms with E-state index >= 15 is 0 Å². The van der Waals surface area contributed by atoms with Crippen LogP contribution < -0.4 is 5.32 Å². The molecule has 0 bridgehead atoms. The first-order valence-electron chi connectivity index (χ1n) is 9.07. The van der Waals surface area contributed by atoms with Gasteiger partial charge in [-0.2, -0.15) is 5.10 Å². The molecular formula is C22H22N4O. The zero-order valence-corrected chi connectivity index (χ0v) is 15.5. The predicted octanol–water partition coefficient (Wildman–Crippen LogP) is 3.87. The predicted molar refractivity (Wildman–Crippen MR) is 107 cm³/mol. The molecule has 0 atom stereocenters. The summed E-state index contributed by atoms with van der Waals surface area (Å²) < 4.78 is 4.04. The molecule has 0 saturated carbocycles. The van der Waals surface area contributed by atoms with E-state index in [0.717, 1.165) is 23.6 Å². The lowest BCUT2D eigenvalue weighted by Crippen LogP contribution is -2.27. The van der Waals surface area contributed by atoms with Gasteiger partial charge in [0.2, 0.25) is 0 Å². The van der Waals surface area contributed by atoms with Gasteiger partial charge in [-0.3, -0.25) is 4.79 Å². The largest absolute Gasteiger partial charge is 0.350 e. The Hall–Kier alpha value is -3.34. The van der Waals surface area contributed by atoms with E-state index in [-0.39, 0.29) is 5.91 Å². The van der Waals surface area contributed by atoms with Crippen LogP contribution in [0.1, 0.15) is 21.7 Å². The van der Waals surface area contributed by atoms with Crippen LogP contribution in [0, 0.1) is 13.8 Å². The first-order valence-corrected chi connectivity index (χ1v) is 9.07. The van der Waals surface area contributed by atoms with Crippen molar-refractivity contribution in [3.05, 3.63) is 83.8 Å². The maximum absolute atomic E-state index is 12.4. The first-order chi connectivity index (χ1) is 13.1. The highest BCUT2D eigenvalue weighted by Crippen LogP contribution is 2.15.